The molecule has 3 aliphatic rings. The van der Waals surface area contributed by atoms with Crippen molar-refractivity contribution in [3.05, 3.63) is 69.8 Å². The maximum Gasteiger partial charge on any atom is 4.00 e. The van der Waals surface area contributed by atoms with Crippen LogP contribution in [0.15, 0.2) is 48.5 Å². The van der Waals surface area contributed by atoms with Gasteiger partial charge in [0.15, 0.2) is 0 Å². The Morgan fingerprint density at radius 1 is 0.508 bits per heavy atom. The zero-order chi connectivity index (χ0) is 48.4. The minimum absolute atomic E-state index is 0. The number of halogens is 3. The van der Waals surface area contributed by atoms with Gasteiger partial charge in [0.05, 0.1) is 23.2 Å². The van der Waals surface area contributed by atoms with Crippen molar-refractivity contribution >= 4 is 100 Å². The SMILES string of the molecule is C1CCOC1.CC1(C)NC(=O)C(C)(C)C(=O)NC(C)(C)C(=O)Nc2ccccc2NC1=O.CC1(C)[N-]C(=O)C(C)(C)C(=O)[N-]C(C)(C)C(=O)[N-]c2ccccc2[N-]C1=O.[Cl][Fe]([Cl])[Cl].[Fe+4].[Li+]. The number of amides is 8. The van der Waals surface area contributed by atoms with Crippen LogP contribution in [0.4, 0.5) is 22.7 Å². The third-order valence-corrected chi connectivity index (χ3v) is 9.58. The summed E-state index contributed by atoms with van der Waals surface area (Å²) in [7, 11) is 14.7. The minimum atomic E-state index is -1.63. The number of rotatable bonds is 0. The average Bonchev–Trinajstić information content (AvgIpc) is 3.75. The Hall–Kier alpha value is -3.33. The third kappa shape index (κ3) is 18.0. The number of carbonyl (C=O) groups excluding carboxylic acids is 8. The van der Waals surface area contributed by atoms with E-state index in [1.165, 1.54) is 80.4 Å². The summed E-state index contributed by atoms with van der Waals surface area (Å²) in [6.07, 6.45) is 2.56. The zero-order valence-corrected chi connectivity index (χ0v) is 43.2. The molecule has 0 atom stereocenters. The maximum absolute atomic E-state index is 12.7. The Balaban J connectivity index is 0.00000103. The summed E-state index contributed by atoms with van der Waals surface area (Å²) in [5.41, 5.74) is -7.54. The van der Waals surface area contributed by atoms with Gasteiger partial charge in [-0.3, -0.25) is 19.2 Å². The van der Waals surface area contributed by atoms with E-state index in [0.29, 0.717) is 11.4 Å². The summed E-state index contributed by atoms with van der Waals surface area (Å²) in [4.78, 5) is 101. The molecule has 3 aliphatic heterocycles. The number of para-hydroxylation sites is 4. The van der Waals surface area contributed by atoms with Gasteiger partial charge in [-0.1, -0.05) is 75.2 Å². The summed E-state index contributed by atoms with van der Waals surface area (Å²) in [6, 6.07) is 13.1. The molecule has 0 spiro atoms. The molecule has 0 unspecified atom stereocenters. The topological polar surface area (TPSA) is 250 Å². The first-order valence-electron chi connectivity index (χ1n) is 19.6. The predicted octanol–water partition coefficient (Wildman–Crippen LogP) is 5.41. The number of benzene rings is 2. The number of nitrogens with one attached hydrogen (secondary N) is 4. The Morgan fingerprint density at radius 3 is 1.11 bits per heavy atom. The molecule has 17 nitrogen and oxygen atoms in total. The zero-order valence-electron chi connectivity index (χ0n) is 38.8. The normalized spacial score (nSPS) is 20.7. The van der Waals surface area contributed by atoms with E-state index in [9.17, 15) is 38.4 Å². The fourth-order valence-corrected chi connectivity index (χ4v) is 4.99. The molecule has 3 heterocycles. The average molecular weight is 1040 g/mol. The second-order valence-corrected chi connectivity index (χ2v) is 23.1. The Labute approximate surface area is 420 Å². The van der Waals surface area contributed by atoms with Gasteiger partial charge in [0, 0.05) is 30.4 Å². The molecule has 0 bridgehead atoms. The largest absolute Gasteiger partial charge is 4.00 e. The third-order valence-electron chi connectivity index (χ3n) is 9.58. The molecule has 0 radical (unpaired) electrons. The van der Waals surface area contributed by atoms with Crippen molar-refractivity contribution in [1.29, 1.82) is 0 Å². The first kappa shape index (κ1) is 61.7. The fraction of sp³-hybridized carbons (Fsp3) is 0.524. The number of hydrogen-bond donors (Lipinski definition) is 4. The van der Waals surface area contributed by atoms with Crippen molar-refractivity contribution in [2.45, 2.75) is 118 Å². The van der Waals surface area contributed by atoms with Crippen molar-refractivity contribution in [2.24, 2.45) is 10.8 Å². The van der Waals surface area contributed by atoms with Crippen molar-refractivity contribution in [3.8, 4) is 0 Å². The first-order chi connectivity index (χ1) is 28.8. The molecule has 0 aromatic heterocycles. The van der Waals surface area contributed by atoms with Crippen LogP contribution in [-0.2, 0) is 71.3 Å². The molecule has 5 rings (SSSR count). The Kier molecular flexibility index (Phi) is 23.9. The van der Waals surface area contributed by atoms with Crippen LogP contribution in [0.3, 0.4) is 0 Å². The van der Waals surface area contributed by atoms with Crippen LogP contribution < -0.4 is 40.1 Å². The second-order valence-electron chi connectivity index (χ2n) is 17.6. The molecule has 355 valence electrons. The van der Waals surface area contributed by atoms with E-state index in [1.54, 1.807) is 64.1 Å². The molecule has 2 aromatic carbocycles. The smallest absolute Gasteiger partial charge is 1.00 e. The van der Waals surface area contributed by atoms with Crippen LogP contribution in [0, 0.1) is 10.8 Å². The summed E-state index contributed by atoms with van der Waals surface area (Å²) < 4.78 is 4.94. The summed E-state index contributed by atoms with van der Waals surface area (Å²) in [6.45, 7) is 19.5. The molecule has 8 amide bonds. The van der Waals surface area contributed by atoms with Gasteiger partial charge in [-0.2, -0.15) is 0 Å². The molecule has 1 fully saturated rings. The van der Waals surface area contributed by atoms with Gasteiger partial charge in [0.2, 0.25) is 23.6 Å². The van der Waals surface area contributed by atoms with Gasteiger partial charge in [-0.25, -0.2) is 0 Å². The van der Waals surface area contributed by atoms with E-state index >= 15 is 0 Å². The van der Waals surface area contributed by atoms with Gasteiger partial charge >= 0.3 is 77.4 Å². The van der Waals surface area contributed by atoms with E-state index in [0.717, 1.165) is 13.2 Å². The van der Waals surface area contributed by atoms with Gasteiger partial charge in [-0.15, -0.1) is 11.4 Å². The Bertz CT molecular complexity index is 1790. The molecular formula is C42H56Cl3Fe2LiN8O9+. The molecule has 4 N–H and O–H groups in total. The van der Waals surface area contributed by atoms with Crippen LogP contribution in [0.5, 0.6) is 0 Å². The fourth-order valence-electron chi connectivity index (χ4n) is 4.99. The number of nitrogens with zero attached hydrogens (tertiary/aromatic N) is 4. The van der Waals surface area contributed by atoms with Crippen LogP contribution in [0.25, 0.3) is 21.3 Å². The van der Waals surface area contributed by atoms with Crippen LogP contribution in [0.1, 0.15) is 95.9 Å². The molecule has 65 heavy (non-hydrogen) atoms. The molecular weight excluding hydrogens is 985 g/mol. The monoisotopic (exact) mass is 1040 g/mol. The number of anilines is 2. The molecule has 0 saturated carbocycles. The molecule has 23 heteroatoms. The van der Waals surface area contributed by atoms with E-state index in [2.05, 4.69) is 42.5 Å². The number of ether oxygens (including phenoxy) is 1. The summed E-state index contributed by atoms with van der Waals surface area (Å²) >= 11 is -1.33. The number of fused-ring (bicyclic) bond motifs is 2. The van der Waals surface area contributed by atoms with Crippen molar-refractivity contribution in [2.75, 3.05) is 23.8 Å². The second kappa shape index (κ2) is 25.2. The molecule has 2 aromatic rings. The summed E-state index contributed by atoms with van der Waals surface area (Å²) in [5, 5.41) is 26.5. The van der Waals surface area contributed by atoms with Crippen molar-refractivity contribution in [3.63, 3.8) is 0 Å². The Morgan fingerprint density at radius 2 is 0.815 bits per heavy atom. The van der Waals surface area contributed by atoms with Crippen molar-refractivity contribution in [1.82, 2.24) is 10.6 Å². The van der Waals surface area contributed by atoms with Crippen molar-refractivity contribution < 1.29 is 90.2 Å². The summed E-state index contributed by atoms with van der Waals surface area (Å²) in [5.74, 6) is -5.20. The standard InChI is InChI=1S/2C19H26N4O4.C4H8O.3ClH.2Fe.Li/c2*1-17(2)13(24)22-18(3,4)15(26)20-11-9-7-8-10-12(11)21-16(27)19(5,6)23-14(17)25;1-2-4-5-3-1;;;;;;/h7-10H,1-6H3,(H,20,26)(H,21,27)(H,22,24)(H,23,25);7-10H,1-6H3,(H4,20,21,22,23,24,25,26,27);1-4H2;3*1H;;;/q;;;;;;+3;+4;+1/p-7. The van der Waals surface area contributed by atoms with Crippen LogP contribution in [-0.4, -0.2) is 82.6 Å². The number of hydrogen-bond acceptors (Lipinski definition) is 9. The maximum atomic E-state index is 12.7. The van der Waals surface area contributed by atoms with Gasteiger partial charge in [0.1, 0.15) is 16.5 Å². The molecule has 0 aliphatic carbocycles. The van der Waals surface area contributed by atoms with E-state index in [1.807, 2.05) is 0 Å². The quantitative estimate of drug-likeness (QED) is 0.194. The predicted molar refractivity (Wildman–Crippen MR) is 241 cm³/mol. The van der Waals surface area contributed by atoms with Gasteiger partial charge in [0.25, 0.3) is 0 Å². The minimum Gasteiger partial charge on any atom is 1.00 e. The van der Waals surface area contributed by atoms with E-state index in [4.69, 9.17) is 35.0 Å². The van der Waals surface area contributed by atoms with E-state index in [-0.39, 0.29) is 47.3 Å². The van der Waals surface area contributed by atoms with Crippen LogP contribution >= 0.6 is 30.3 Å². The van der Waals surface area contributed by atoms with Gasteiger partial charge in [-0.05, 0) is 80.4 Å². The van der Waals surface area contributed by atoms with Gasteiger partial charge < -0.3 is 66.4 Å². The molecule has 1 saturated heterocycles. The first-order valence-corrected chi connectivity index (χ1v) is 24.1. The van der Waals surface area contributed by atoms with E-state index < -0.39 is 91.4 Å². The van der Waals surface area contributed by atoms with Crippen LogP contribution in [0.2, 0.25) is 0 Å². The number of carbonyl (C=O) groups is 8.